The summed E-state index contributed by atoms with van der Waals surface area (Å²) in [5.74, 6) is 0.200. The molecule has 1 saturated heterocycles. The number of hydrogen-bond donors (Lipinski definition) is 2. The molecule has 1 fully saturated rings. The van der Waals surface area contributed by atoms with Crippen LogP contribution in [0, 0.1) is 0 Å². The van der Waals surface area contributed by atoms with Gasteiger partial charge in [-0.15, -0.1) is 24.8 Å². The van der Waals surface area contributed by atoms with Gasteiger partial charge in [0.2, 0.25) is 0 Å². The topological polar surface area (TPSA) is 44.4 Å². The SMILES string of the molecule is CNC1CCCN(C(=O)c2cccc3c2CCCN3)C1.Cl.Cl. The monoisotopic (exact) mass is 345 g/mol. The molecule has 0 saturated carbocycles. The lowest BCUT2D eigenvalue weighted by atomic mass is 9.96. The van der Waals surface area contributed by atoms with Gasteiger partial charge in [0.25, 0.3) is 5.91 Å². The predicted octanol–water partition coefficient (Wildman–Crippen LogP) is 2.71. The molecule has 0 aromatic heterocycles. The number of halogens is 2. The van der Waals surface area contributed by atoms with Gasteiger partial charge in [-0.2, -0.15) is 0 Å². The Kier molecular flexibility index (Phi) is 7.46. The molecule has 2 aliphatic rings. The fourth-order valence-corrected chi connectivity index (χ4v) is 3.28. The first kappa shape index (κ1) is 19.1. The van der Waals surface area contributed by atoms with Crippen LogP contribution < -0.4 is 10.6 Å². The second-order valence-corrected chi connectivity index (χ2v) is 5.74. The van der Waals surface area contributed by atoms with E-state index in [2.05, 4.69) is 16.7 Å². The van der Waals surface area contributed by atoms with E-state index in [1.54, 1.807) is 0 Å². The van der Waals surface area contributed by atoms with Gasteiger partial charge in [-0.25, -0.2) is 0 Å². The molecule has 1 unspecified atom stereocenters. The zero-order valence-electron chi connectivity index (χ0n) is 12.9. The average molecular weight is 346 g/mol. The van der Waals surface area contributed by atoms with Crippen molar-refractivity contribution < 1.29 is 4.79 Å². The van der Waals surface area contributed by atoms with E-state index in [0.29, 0.717) is 6.04 Å². The number of carbonyl (C=O) groups excluding carboxylic acids is 1. The first-order valence-electron chi connectivity index (χ1n) is 7.62. The van der Waals surface area contributed by atoms with Gasteiger partial charge < -0.3 is 15.5 Å². The zero-order valence-corrected chi connectivity index (χ0v) is 14.6. The lowest BCUT2D eigenvalue weighted by Gasteiger charge is -2.33. The summed E-state index contributed by atoms with van der Waals surface area (Å²) < 4.78 is 0. The van der Waals surface area contributed by atoms with Gasteiger partial charge in [0.1, 0.15) is 0 Å². The molecule has 1 atom stereocenters. The highest BCUT2D eigenvalue weighted by atomic mass is 35.5. The van der Waals surface area contributed by atoms with Crippen LogP contribution in [0.3, 0.4) is 0 Å². The van der Waals surface area contributed by atoms with E-state index in [1.165, 1.54) is 5.56 Å². The summed E-state index contributed by atoms with van der Waals surface area (Å²) in [5.41, 5.74) is 3.24. The largest absolute Gasteiger partial charge is 0.385 e. The Morgan fingerprint density at radius 1 is 1.32 bits per heavy atom. The van der Waals surface area contributed by atoms with E-state index in [4.69, 9.17) is 0 Å². The maximum atomic E-state index is 12.8. The third-order valence-electron chi connectivity index (χ3n) is 4.44. The second-order valence-electron chi connectivity index (χ2n) is 5.74. The summed E-state index contributed by atoms with van der Waals surface area (Å²) in [6, 6.07) is 6.49. The summed E-state index contributed by atoms with van der Waals surface area (Å²) in [6.45, 7) is 2.72. The summed E-state index contributed by atoms with van der Waals surface area (Å²) in [6.07, 6.45) is 4.36. The minimum Gasteiger partial charge on any atom is -0.385 e. The Hall–Kier alpha value is -0.970. The summed E-state index contributed by atoms with van der Waals surface area (Å²) >= 11 is 0. The van der Waals surface area contributed by atoms with Crippen LogP contribution in [0.4, 0.5) is 5.69 Å². The highest BCUT2D eigenvalue weighted by Crippen LogP contribution is 2.27. The van der Waals surface area contributed by atoms with Gasteiger partial charge in [0.05, 0.1) is 0 Å². The first-order chi connectivity index (χ1) is 9.79. The molecule has 1 amide bonds. The van der Waals surface area contributed by atoms with Crippen LogP contribution in [0.25, 0.3) is 0 Å². The molecular formula is C16H25Cl2N3O. The van der Waals surface area contributed by atoms with Crippen LogP contribution in [0.15, 0.2) is 18.2 Å². The van der Waals surface area contributed by atoms with Crippen LogP contribution in [-0.2, 0) is 6.42 Å². The van der Waals surface area contributed by atoms with Crippen molar-refractivity contribution in [2.45, 2.75) is 31.7 Å². The third-order valence-corrected chi connectivity index (χ3v) is 4.44. The molecule has 6 heteroatoms. The second kappa shape index (κ2) is 8.61. The number of hydrogen-bond acceptors (Lipinski definition) is 3. The minimum absolute atomic E-state index is 0. The van der Waals surface area contributed by atoms with E-state index in [1.807, 2.05) is 24.1 Å². The average Bonchev–Trinajstić information content (AvgIpc) is 2.53. The van der Waals surface area contributed by atoms with Crippen molar-refractivity contribution in [3.05, 3.63) is 29.3 Å². The number of likely N-dealkylation sites (tertiary alicyclic amines) is 1. The van der Waals surface area contributed by atoms with Crippen LogP contribution in [0.1, 0.15) is 35.2 Å². The van der Waals surface area contributed by atoms with Crippen molar-refractivity contribution in [3.8, 4) is 0 Å². The third kappa shape index (κ3) is 3.86. The highest BCUT2D eigenvalue weighted by Gasteiger charge is 2.26. The van der Waals surface area contributed by atoms with Crippen LogP contribution in [0.5, 0.6) is 0 Å². The number of benzene rings is 1. The van der Waals surface area contributed by atoms with E-state index >= 15 is 0 Å². The number of fused-ring (bicyclic) bond motifs is 1. The molecule has 2 aliphatic heterocycles. The number of nitrogens with zero attached hydrogens (tertiary/aromatic N) is 1. The maximum Gasteiger partial charge on any atom is 0.254 e. The molecule has 0 aliphatic carbocycles. The highest BCUT2D eigenvalue weighted by molar-refractivity contribution is 5.97. The molecule has 0 bridgehead atoms. The van der Waals surface area contributed by atoms with Crippen LogP contribution >= 0.6 is 24.8 Å². The smallest absolute Gasteiger partial charge is 0.254 e. The lowest BCUT2D eigenvalue weighted by molar-refractivity contribution is 0.0697. The molecule has 2 N–H and O–H groups in total. The number of nitrogens with one attached hydrogen (secondary N) is 2. The van der Waals surface area contributed by atoms with E-state index in [0.717, 1.165) is 56.6 Å². The number of carbonyl (C=O) groups is 1. The van der Waals surface area contributed by atoms with Crippen LogP contribution in [0.2, 0.25) is 0 Å². The Labute approximate surface area is 144 Å². The van der Waals surface area contributed by atoms with E-state index in [-0.39, 0.29) is 30.7 Å². The van der Waals surface area contributed by atoms with Crippen molar-refractivity contribution in [1.82, 2.24) is 10.2 Å². The minimum atomic E-state index is 0. The summed E-state index contributed by atoms with van der Waals surface area (Å²) in [7, 11) is 1.98. The Morgan fingerprint density at radius 3 is 2.91 bits per heavy atom. The van der Waals surface area contributed by atoms with Crippen molar-refractivity contribution in [2.24, 2.45) is 0 Å². The van der Waals surface area contributed by atoms with Gasteiger partial charge in [0, 0.05) is 36.9 Å². The van der Waals surface area contributed by atoms with Crippen molar-refractivity contribution in [2.75, 3.05) is 32.0 Å². The Bertz CT molecular complexity index is 510. The fraction of sp³-hybridized carbons (Fsp3) is 0.562. The molecule has 4 nitrogen and oxygen atoms in total. The lowest BCUT2D eigenvalue weighted by Crippen LogP contribution is -2.47. The summed E-state index contributed by atoms with van der Waals surface area (Å²) in [5, 5.41) is 6.69. The number of piperidine rings is 1. The van der Waals surface area contributed by atoms with Crippen molar-refractivity contribution in [3.63, 3.8) is 0 Å². The predicted molar refractivity (Wildman–Crippen MR) is 95.7 cm³/mol. The number of amides is 1. The van der Waals surface area contributed by atoms with E-state index < -0.39 is 0 Å². The van der Waals surface area contributed by atoms with Gasteiger partial charge >= 0.3 is 0 Å². The standard InChI is InChI=1S/C16H23N3O.2ClH/c1-17-12-5-4-10-19(11-12)16(20)14-6-2-8-15-13(14)7-3-9-18-15;;/h2,6,8,12,17-18H,3-5,7,9-11H2,1H3;2*1H. The molecule has 1 aromatic carbocycles. The van der Waals surface area contributed by atoms with E-state index in [9.17, 15) is 4.79 Å². The first-order valence-corrected chi connectivity index (χ1v) is 7.62. The molecule has 22 heavy (non-hydrogen) atoms. The van der Waals surface area contributed by atoms with Gasteiger partial charge in [0.15, 0.2) is 0 Å². The summed E-state index contributed by atoms with van der Waals surface area (Å²) in [4.78, 5) is 14.8. The number of likely N-dealkylation sites (N-methyl/N-ethyl adjacent to an activating group) is 1. The molecule has 1 aromatic rings. The molecule has 124 valence electrons. The molecule has 0 spiro atoms. The van der Waals surface area contributed by atoms with Crippen molar-refractivity contribution >= 4 is 36.4 Å². The Morgan fingerprint density at radius 2 is 2.14 bits per heavy atom. The maximum absolute atomic E-state index is 12.8. The van der Waals surface area contributed by atoms with Crippen LogP contribution in [-0.4, -0.2) is 43.5 Å². The van der Waals surface area contributed by atoms with Gasteiger partial charge in [-0.3, -0.25) is 4.79 Å². The molecular weight excluding hydrogens is 321 g/mol. The molecule has 2 heterocycles. The zero-order chi connectivity index (χ0) is 13.9. The fourth-order valence-electron chi connectivity index (χ4n) is 3.28. The Balaban J connectivity index is 0.00000121. The molecule has 3 rings (SSSR count). The molecule has 0 radical (unpaired) electrons. The quantitative estimate of drug-likeness (QED) is 0.866. The van der Waals surface area contributed by atoms with Gasteiger partial charge in [-0.1, -0.05) is 6.07 Å². The number of rotatable bonds is 2. The van der Waals surface area contributed by atoms with Crippen molar-refractivity contribution in [1.29, 1.82) is 0 Å². The normalized spacial score (nSPS) is 20.0. The number of anilines is 1. The van der Waals surface area contributed by atoms with Gasteiger partial charge in [-0.05, 0) is 50.4 Å².